The highest BCUT2D eigenvalue weighted by Gasteiger charge is 2.44. The van der Waals surface area contributed by atoms with Crippen LogP contribution in [0.2, 0.25) is 0 Å². The SMILES string of the molecule is COc1ccc(C2(C(=O)N3CCOC[C@H](Cc4ccc5nccn5c4)C3)CCCCC2)cc1. The van der Waals surface area contributed by atoms with Crippen LogP contribution in [-0.4, -0.2) is 53.6 Å². The molecule has 1 aromatic carbocycles. The van der Waals surface area contributed by atoms with Gasteiger partial charge < -0.3 is 18.8 Å². The van der Waals surface area contributed by atoms with Crippen molar-refractivity contribution in [2.45, 2.75) is 43.9 Å². The average Bonchev–Trinajstić information content (AvgIpc) is 3.21. The molecule has 6 nitrogen and oxygen atoms in total. The van der Waals surface area contributed by atoms with Gasteiger partial charge >= 0.3 is 0 Å². The quantitative estimate of drug-likeness (QED) is 0.586. The van der Waals surface area contributed by atoms with Crippen LogP contribution in [0.4, 0.5) is 0 Å². The molecule has 1 atom stereocenters. The summed E-state index contributed by atoms with van der Waals surface area (Å²) in [5.74, 6) is 1.37. The molecule has 0 unspecified atom stereocenters. The maximum atomic E-state index is 14.1. The van der Waals surface area contributed by atoms with Crippen LogP contribution in [0.15, 0.2) is 55.0 Å². The Morgan fingerprint density at radius 3 is 2.76 bits per heavy atom. The van der Waals surface area contributed by atoms with E-state index in [1.165, 1.54) is 12.0 Å². The second kappa shape index (κ2) is 9.56. The first kappa shape index (κ1) is 22.0. The number of carbonyl (C=O) groups excluding carboxylic acids is 1. The molecule has 0 radical (unpaired) electrons. The number of pyridine rings is 1. The van der Waals surface area contributed by atoms with Gasteiger partial charge in [-0.15, -0.1) is 0 Å². The first-order chi connectivity index (χ1) is 16.2. The lowest BCUT2D eigenvalue weighted by molar-refractivity contribution is -0.139. The minimum atomic E-state index is -0.435. The van der Waals surface area contributed by atoms with E-state index in [1.807, 2.05) is 24.5 Å². The van der Waals surface area contributed by atoms with Crippen molar-refractivity contribution < 1.29 is 14.3 Å². The highest BCUT2D eigenvalue weighted by atomic mass is 16.5. The van der Waals surface area contributed by atoms with Crippen molar-refractivity contribution in [3.05, 3.63) is 66.1 Å². The number of nitrogens with zero attached hydrogens (tertiary/aromatic N) is 3. The van der Waals surface area contributed by atoms with Gasteiger partial charge in [0.15, 0.2) is 0 Å². The fourth-order valence-electron chi connectivity index (χ4n) is 5.60. The summed E-state index contributed by atoms with van der Waals surface area (Å²) in [6.45, 7) is 2.68. The Morgan fingerprint density at radius 1 is 1.15 bits per heavy atom. The van der Waals surface area contributed by atoms with Crippen LogP contribution in [0.3, 0.4) is 0 Å². The smallest absolute Gasteiger partial charge is 0.233 e. The van der Waals surface area contributed by atoms with Gasteiger partial charge in [-0.05, 0) is 48.6 Å². The van der Waals surface area contributed by atoms with Crippen molar-refractivity contribution >= 4 is 11.6 Å². The minimum Gasteiger partial charge on any atom is -0.497 e. The van der Waals surface area contributed by atoms with Crippen LogP contribution in [0, 0.1) is 5.92 Å². The molecule has 3 heterocycles. The maximum Gasteiger partial charge on any atom is 0.233 e. The number of aromatic nitrogens is 2. The van der Waals surface area contributed by atoms with Crippen molar-refractivity contribution in [2.24, 2.45) is 5.92 Å². The molecule has 0 spiro atoms. The number of ether oxygens (including phenoxy) is 2. The van der Waals surface area contributed by atoms with Crippen LogP contribution in [0.1, 0.15) is 43.2 Å². The van der Waals surface area contributed by atoms with Crippen molar-refractivity contribution in [2.75, 3.05) is 33.4 Å². The maximum absolute atomic E-state index is 14.1. The Balaban J connectivity index is 1.37. The highest BCUT2D eigenvalue weighted by molar-refractivity contribution is 5.88. The largest absolute Gasteiger partial charge is 0.497 e. The van der Waals surface area contributed by atoms with Crippen LogP contribution in [-0.2, 0) is 21.4 Å². The van der Waals surface area contributed by atoms with Gasteiger partial charge in [0.1, 0.15) is 11.4 Å². The molecule has 2 fully saturated rings. The zero-order valence-corrected chi connectivity index (χ0v) is 19.4. The van der Waals surface area contributed by atoms with Crippen molar-refractivity contribution in [1.82, 2.24) is 14.3 Å². The fourth-order valence-corrected chi connectivity index (χ4v) is 5.60. The van der Waals surface area contributed by atoms with Gasteiger partial charge in [-0.1, -0.05) is 37.5 Å². The zero-order valence-electron chi connectivity index (χ0n) is 19.4. The third-order valence-electron chi connectivity index (χ3n) is 7.36. The van der Waals surface area contributed by atoms with Crippen molar-refractivity contribution in [3.63, 3.8) is 0 Å². The minimum absolute atomic E-state index is 0.271. The standard InChI is InChI=1S/C27H33N3O3/c1-32-24-8-6-23(7-9-24)27(11-3-2-4-12-27)26(31)30-15-16-33-20-22(19-30)17-21-5-10-25-28-13-14-29(25)18-21/h5-10,13-14,18,22H,2-4,11-12,15-17,19-20H2,1H3/t22-/m1/s1. The first-order valence-electron chi connectivity index (χ1n) is 12.1. The van der Waals surface area contributed by atoms with Crippen molar-refractivity contribution in [1.29, 1.82) is 0 Å². The van der Waals surface area contributed by atoms with Crippen LogP contribution in [0.25, 0.3) is 5.65 Å². The van der Waals surface area contributed by atoms with Gasteiger partial charge in [-0.3, -0.25) is 4.79 Å². The molecule has 2 aliphatic rings. The lowest BCUT2D eigenvalue weighted by atomic mass is 9.68. The topological polar surface area (TPSA) is 56.1 Å². The zero-order chi connectivity index (χ0) is 22.7. The van der Waals surface area contributed by atoms with E-state index < -0.39 is 5.41 Å². The predicted octanol–water partition coefficient (Wildman–Crippen LogP) is 4.26. The summed E-state index contributed by atoms with van der Waals surface area (Å²) in [5, 5.41) is 0. The van der Waals surface area contributed by atoms with Gasteiger partial charge in [0.2, 0.25) is 5.91 Å². The second-order valence-corrected chi connectivity index (χ2v) is 9.50. The molecular weight excluding hydrogens is 414 g/mol. The molecule has 33 heavy (non-hydrogen) atoms. The van der Waals surface area contributed by atoms with E-state index in [2.05, 4.69) is 44.7 Å². The molecule has 0 bridgehead atoms. The predicted molar refractivity (Wildman–Crippen MR) is 128 cm³/mol. The summed E-state index contributed by atoms with van der Waals surface area (Å²) in [5.41, 5.74) is 2.88. The van der Waals surface area contributed by atoms with Gasteiger partial charge in [0.25, 0.3) is 0 Å². The molecule has 0 N–H and O–H groups in total. The Bertz CT molecular complexity index is 1090. The molecule has 174 valence electrons. The van der Waals surface area contributed by atoms with Gasteiger partial charge in [-0.2, -0.15) is 0 Å². The Kier molecular flexibility index (Phi) is 6.36. The Morgan fingerprint density at radius 2 is 1.97 bits per heavy atom. The number of imidazole rings is 1. The summed E-state index contributed by atoms with van der Waals surface area (Å²) in [7, 11) is 1.68. The number of carbonyl (C=O) groups is 1. The number of amides is 1. The van der Waals surface area contributed by atoms with E-state index in [0.717, 1.165) is 55.6 Å². The fraction of sp³-hybridized carbons (Fsp3) is 0.481. The lowest BCUT2D eigenvalue weighted by Gasteiger charge is -2.40. The Hall–Kier alpha value is -2.86. The molecule has 1 aliphatic carbocycles. The summed E-state index contributed by atoms with van der Waals surface area (Å²) in [6, 6.07) is 12.3. The molecule has 1 amide bonds. The third-order valence-corrected chi connectivity index (χ3v) is 7.36. The van der Waals surface area contributed by atoms with Crippen molar-refractivity contribution in [3.8, 4) is 5.75 Å². The molecule has 2 aromatic heterocycles. The monoisotopic (exact) mass is 447 g/mol. The third kappa shape index (κ3) is 4.49. The number of hydrogen-bond donors (Lipinski definition) is 0. The van der Waals surface area contributed by atoms with Crippen LogP contribution in [0.5, 0.6) is 5.75 Å². The summed E-state index contributed by atoms with van der Waals surface area (Å²) in [4.78, 5) is 20.6. The van der Waals surface area contributed by atoms with Gasteiger partial charge in [-0.25, -0.2) is 4.98 Å². The summed E-state index contributed by atoms with van der Waals surface area (Å²) >= 11 is 0. The first-order valence-corrected chi connectivity index (χ1v) is 12.1. The second-order valence-electron chi connectivity index (χ2n) is 9.50. The molecule has 1 saturated carbocycles. The van der Waals surface area contributed by atoms with E-state index in [4.69, 9.17) is 9.47 Å². The number of hydrogen-bond acceptors (Lipinski definition) is 4. The van der Waals surface area contributed by atoms with E-state index in [-0.39, 0.29) is 11.8 Å². The van der Waals surface area contributed by atoms with E-state index in [1.54, 1.807) is 7.11 Å². The van der Waals surface area contributed by atoms with Gasteiger partial charge in [0.05, 0.1) is 25.7 Å². The molecule has 1 saturated heterocycles. The normalized spacial score (nSPS) is 21.0. The molecule has 1 aliphatic heterocycles. The highest BCUT2D eigenvalue weighted by Crippen LogP contribution is 2.42. The number of methoxy groups -OCH3 is 1. The average molecular weight is 448 g/mol. The lowest BCUT2D eigenvalue weighted by Crippen LogP contribution is -2.50. The van der Waals surface area contributed by atoms with E-state index in [9.17, 15) is 4.79 Å². The molecule has 5 rings (SSSR count). The molecule has 3 aromatic rings. The summed E-state index contributed by atoms with van der Waals surface area (Å²) in [6.07, 6.45) is 12.0. The molecule has 6 heteroatoms. The Labute approximate surface area is 195 Å². The van der Waals surface area contributed by atoms with Crippen LogP contribution < -0.4 is 4.74 Å². The number of benzene rings is 1. The number of rotatable bonds is 5. The summed E-state index contributed by atoms with van der Waals surface area (Å²) < 4.78 is 13.4. The molecular formula is C27H33N3O3. The van der Waals surface area contributed by atoms with Crippen LogP contribution >= 0.6 is 0 Å². The number of fused-ring (bicyclic) bond motifs is 1. The van der Waals surface area contributed by atoms with E-state index >= 15 is 0 Å². The van der Waals surface area contributed by atoms with E-state index in [0.29, 0.717) is 19.8 Å². The van der Waals surface area contributed by atoms with Gasteiger partial charge in [0, 0.05) is 37.6 Å².